The van der Waals surface area contributed by atoms with E-state index in [1.54, 1.807) is 10.6 Å². The summed E-state index contributed by atoms with van der Waals surface area (Å²) in [7, 11) is 0. The van der Waals surface area contributed by atoms with Crippen molar-refractivity contribution in [2.45, 2.75) is 18.8 Å². The zero-order chi connectivity index (χ0) is 11.7. The topological polar surface area (TPSA) is 47.3 Å². The molecular weight excluding hydrogens is 234 g/mol. The maximum absolute atomic E-state index is 10.9. The lowest BCUT2D eigenvalue weighted by Crippen LogP contribution is -2.09. The Balaban J connectivity index is 2.03. The van der Waals surface area contributed by atoms with Crippen LogP contribution in [0.4, 0.5) is 0 Å². The van der Waals surface area contributed by atoms with Crippen molar-refractivity contribution in [1.82, 2.24) is 14.6 Å². The maximum Gasteiger partial charge on any atom is 0.166 e. The van der Waals surface area contributed by atoms with Crippen LogP contribution in [-0.4, -0.2) is 32.4 Å². The largest absolute Gasteiger partial charge is 0.298 e. The molecule has 0 radical (unpaired) electrons. The van der Waals surface area contributed by atoms with Gasteiger partial charge in [0.15, 0.2) is 17.8 Å². The minimum atomic E-state index is 0.454. The fourth-order valence-electron chi connectivity index (χ4n) is 2.16. The average molecular weight is 247 g/mol. The van der Waals surface area contributed by atoms with Crippen molar-refractivity contribution in [3.63, 3.8) is 0 Å². The number of aldehydes is 1. The van der Waals surface area contributed by atoms with E-state index in [-0.39, 0.29) is 0 Å². The van der Waals surface area contributed by atoms with Crippen molar-refractivity contribution < 1.29 is 4.79 Å². The third-order valence-corrected chi connectivity index (χ3v) is 4.17. The van der Waals surface area contributed by atoms with Crippen LogP contribution in [0.1, 0.15) is 34.9 Å². The number of aromatic nitrogens is 3. The summed E-state index contributed by atoms with van der Waals surface area (Å²) in [5.74, 6) is 3.71. The molecule has 4 nitrogen and oxygen atoms in total. The molecule has 17 heavy (non-hydrogen) atoms. The van der Waals surface area contributed by atoms with Crippen LogP contribution in [0.5, 0.6) is 0 Å². The van der Waals surface area contributed by atoms with E-state index in [1.807, 2.05) is 24.0 Å². The molecule has 0 spiro atoms. The van der Waals surface area contributed by atoms with Gasteiger partial charge in [0.05, 0.1) is 5.56 Å². The van der Waals surface area contributed by atoms with E-state index < -0.39 is 0 Å². The molecule has 0 bridgehead atoms. The third-order valence-electron chi connectivity index (χ3n) is 3.12. The molecule has 5 heteroatoms. The third kappa shape index (κ3) is 1.95. The Labute approximate surface area is 103 Å². The van der Waals surface area contributed by atoms with Crippen LogP contribution in [0.15, 0.2) is 18.3 Å². The summed E-state index contributed by atoms with van der Waals surface area (Å²) in [6.45, 7) is 0. The van der Waals surface area contributed by atoms with E-state index in [0.29, 0.717) is 17.1 Å². The molecule has 0 atom stereocenters. The monoisotopic (exact) mass is 247 g/mol. The van der Waals surface area contributed by atoms with Crippen LogP contribution >= 0.6 is 11.8 Å². The lowest BCUT2D eigenvalue weighted by molar-refractivity contribution is 0.112. The molecule has 0 N–H and O–H groups in total. The van der Waals surface area contributed by atoms with Gasteiger partial charge in [-0.2, -0.15) is 16.9 Å². The van der Waals surface area contributed by atoms with E-state index in [2.05, 4.69) is 10.1 Å². The van der Waals surface area contributed by atoms with Crippen LogP contribution in [0.2, 0.25) is 0 Å². The lowest BCUT2D eigenvalue weighted by atomic mass is 10.0. The highest BCUT2D eigenvalue weighted by Gasteiger charge is 2.20. The van der Waals surface area contributed by atoms with Gasteiger partial charge in [0.2, 0.25) is 0 Å². The number of thioether (sulfide) groups is 1. The normalized spacial score (nSPS) is 17.4. The Kier molecular flexibility index (Phi) is 2.84. The second-order valence-corrected chi connectivity index (χ2v) is 5.43. The molecule has 1 fully saturated rings. The molecule has 1 aliphatic rings. The van der Waals surface area contributed by atoms with Gasteiger partial charge >= 0.3 is 0 Å². The van der Waals surface area contributed by atoms with E-state index >= 15 is 0 Å². The number of hydrogen-bond donors (Lipinski definition) is 0. The first-order chi connectivity index (χ1) is 8.38. The molecule has 0 unspecified atom stereocenters. The van der Waals surface area contributed by atoms with Crippen molar-refractivity contribution >= 4 is 23.7 Å². The number of pyridine rings is 1. The van der Waals surface area contributed by atoms with Crippen molar-refractivity contribution in [1.29, 1.82) is 0 Å². The second-order valence-electron chi connectivity index (χ2n) is 4.21. The van der Waals surface area contributed by atoms with Gasteiger partial charge in [0, 0.05) is 12.1 Å². The zero-order valence-corrected chi connectivity index (χ0v) is 10.2. The SMILES string of the molecule is O=Cc1cccn2nc(C3CCSCC3)nc12. The minimum absolute atomic E-state index is 0.454. The van der Waals surface area contributed by atoms with Crippen molar-refractivity contribution in [2.75, 3.05) is 11.5 Å². The number of carbonyl (C=O) groups is 1. The fourth-order valence-corrected chi connectivity index (χ4v) is 3.27. The smallest absolute Gasteiger partial charge is 0.166 e. The van der Waals surface area contributed by atoms with Gasteiger partial charge < -0.3 is 0 Å². The summed E-state index contributed by atoms with van der Waals surface area (Å²) in [5, 5.41) is 4.48. The summed E-state index contributed by atoms with van der Waals surface area (Å²) in [4.78, 5) is 15.4. The van der Waals surface area contributed by atoms with Gasteiger partial charge in [0.25, 0.3) is 0 Å². The van der Waals surface area contributed by atoms with E-state index in [4.69, 9.17) is 0 Å². The first-order valence-corrected chi connectivity index (χ1v) is 6.92. The number of rotatable bonds is 2. The van der Waals surface area contributed by atoms with E-state index in [0.717, 1.165) is 25.0 Å². The Morgan fingerprint density at radius 2 is 2.24 bits per heavy atom. The maximum atomic E-state index is 10.9. The first-order valence-electron chi connectivity index (χ1n) is 5.76. The number of fused-ring (bicyclic) bond motifs is 1. The number of carbonyl (C=O) groups excluding carboxylic acids is 1. The Morgan fingerprint density at radius 1 is 1.41 bits per heavy atom. The second kappa shape index (κ2) is 4.49. The summed E-state index contributed by atoms with van der Waals surface area (Å²) in [6, 6.07) is 3.60. The van der Waals surface area contributed by atoms with E-state index in [1.165, 1.54) is 11.5 Å². The van der Waals surface area contributed by atoms with Gasteiger partial charge in [-0.1, -0.05) is 0 Å². The Hall–Kier alpha value is -1.36. The van der Waals surface area contributed by atoms with Crippen LogP contribution in [0.3, 0.4) is 0 Å². The molecule has 88 valence electrons. The van der Waals surface area contributed by atoms with E-state index in [9.17, 15) is 4.79 Å². The van der Waals surface area contributed by atoms with Gasteiger partial charge in [0.1, 0.15) is 0 Å². The minimum Gasteiger partial charge on any atom is -0.298 e. The van der Waals surface area contributed by atoms with Crippen LogP contribution in [0, 0.1) is 0 Å². The number of hydrogen-bond acceptors (Lipinski definition) is 4. The van der Waals surface area contributed by atoms with Gasteiger partial charge in [-0.15, -0.1) is 0 Å². The Morgan fingerprint density at radius 3 is 3.00 bits per heavy atom. The molecule has 0 aromatic carbocycles. The zero-order valence-electron chi connectivity index (χ0n) is 9.37. The molecule has 0 amide bonds. The van der Waals surface area contributed by atoms with Crippen LogP contribution < -0.4 is 0 Å². The molecule has 2 aromatic heterocycles. The van der Waals surface area contributed by atoms with Crippen molar-refractivity contribution in [3.05, 3.63) is 29.7 Å². The standard InChI is InChI=1S/C12H13N3OS/c16-8-10-2-1-5-15-12(10)13-11(14-15)9-3-6-17-7-4-9/h1-2,5,8-9H,3-4,6-7H2. The Bertz CT molecular complexity index is 546. The molecule has 3 heterocycles. The highest BCUT2D eigenvalue weighted by Crippen LogP contribution is 2.29. The molecule has 3 rings (SSSR count). The predicted molar refractivity (Wildman–Crippen MR) is 67.7 cm³/mol. The van der Waals surface area contributed by atoms with Crippen molar-refractivity contribution in [2.24, 2.45) is 0 Å². The predicted octanol–water partition coefficient (Wildman–Crippen LogP) is 2.15. The van der Waals surface area contributed by atoms with Gasteiger partial charge in [-0.05, 0) is 36.5 Å². The summed E-state index contributed by atoms with van der Waals surface area (Å²) < 4.78 is 1.71. The van der Waals surface area contributed by atoms with Crippen LogP contribution in [0.25, 0.3) is 5.65 Å². The summed E-state index contributed by atoms with van der Waals surface area (Å²) >= 11 is 1.99. The highest BCUT2D eigenvalue weighted by atomic mass is 32.2. The van der Waals surface area contributed by atoms with Gasteiger partial charge in [-0.3, -0.25) is 4.79 Å². The molecule has 1 saturated heterocycles. The first kappa shape index (κ1) is 10.8. The molecule has 0 aliphatic carbocycles. The van der Waals surface area contributed by atoms with Crippen LogP contribution in [-0.2, 0) is 0 Å². The molecule has 2 aromatic rings. The highest BCUT2D eigenvalue weighted by molar-refractivity contribution is 7.99. The quantitative estimate of drug-likeness (QED) is 0.763. The molecular formula is C12H13N3OS. The lowest BCUT2D eigenvalue weighted by Gasteiger charge is -2.17. The number of nitrogens with zero attached hydrogens (tertiary/aromatic N) is 3. The summed E-state index contributed by atoms with van der Waals surface area (Å²) in [5.41, 5.74) is 1.28. The molecule has 0 saturated carbocycles. The fraction of sp³-hybridized carbons (Fsp3) is 0.417. The average Bonchev–Trinajstić information content (AvgIpc) is 2.83. The summed E-state index contributed by atoms with van der Waals surface area (Å²) in [6.07, 6.45) is 4.96. The molecule has 1 aliphatic heterocycles. The van der Waals surface area contributed by atoms with Gasteiger partial charge in [-0.25, -0.2) is 9.50 Å². The van der Waals surface area contributed by atoms with Crippen molar-refractivity contribution in [3.8, 4) is 0 Å².